The molecule has 0 spiro atoms. The van der Waals surface area contributed by atoms with Gasteiger partial charge in [-0.3, -0.25) is 0 Å². The Bertz CT molecular complexity index is 2710. The van der Waals surface area contributed by atoms with Crippen molar-refractivity contribution in [2.45, 2.75) is 0 Å². The average molecular weight is 561 g/mol. The molecule has 0 saturated carbocycles. The Balaban J connectivity index is 1.44. The summed E-state index contributed by atoms with van der Waals surface area (Å²) in [7, 11) is 0. The maximum atomic E-state index is 6.75. The molecule has 0 amide bonds. The van der Waals surface area contributed by atoms with Crippen LogP contribution in [0.1, 0.15) is 0 Å². The first-order valence-electron chi connectivity index (χ1n) is 15.0. The van der Waals surface area contributed by atoms with Gasteiger partial charge in [-0.2, -0.15) is 0 Å². The van der Waals surface area contributed by atoms with Crippen LogP contribution in [-0.4, -0.2) is 0 Å². The van der Waals surface area contributed by atoms with Crippen LogP contribution in [0.2, 0.25) is 0 Å². The summed E-state index contributed by atoms with van der Waals surface area (Å²) in [5.41, 5.74) is 8.22. The van der Waals surface area contributed by atoms with E-state index in [1.807, 2.05) is 24.3 Å². The van der Waals surface area contributed by atoms with Crippen molar-refractivity contribution >= 4 is 76.2 Å². The second kappa shape index (κ2) is 8.82. The van der Waals surface area contributed by atoms with Gasteiger partial charge < -0.3 is 8.83 Å². The molecular weight excluding hydrogens is 536 g/mol. The highest BCUT2D eigenvalue weighted by molar-refractivity contribution is 6.30. The summed E-state index contributed by atoms with van der Waals surface area (Å²) < 4.78 is 13.3. The summed E-state index contributed by atoms with van der Waals surface area (Å²) in [5, 5.41) is 11.6. The number of hydrogen-bond donors (Lipinski definition) is 0. The summed E-state index contributed by atoms with van der Waals surface area (Å²) in [6.45, 7) is 0. The van der Waals surface area contributed by atoms with Crippen molar-refractivity contribution in [1.29, 1.82) is 0 Å². The fourth-order valence-corrected chi connectivity index (χ4v) is 7.40. The lowest BCUT2D eigenvalue weighted by Crippen LogP contribution is -1.92. The summed E-state index contributed by atoms with van der Waals surface area (Å²) >= 11 is 0. The van der Waals surface area contributed by atoms with E-state index in [9.17, 15) is 0 Å². The van der Waals surface area contributed by atoms with Crippen LogP contribution in [0.4, 0.5) is 0 Å². The number of hydrogen-bond acceptors (Lipinski definition) is 2. The Hall–Kier alpha value is -5.86. The second-order valence-corrected chi connectivity index (χ2v) is 11.6. The maximum absolute atomic E-state index is 6.75. The van der Waals surface area contributed by atoms with Gasteiger partial charge >= 0.3 is 0 Å². The monoisotopic (exact) mass is 560 g/mol. The van der Waals surface area contributed by atoms with E-state index in [0.29, 0.717) is 0 Å². The summed E-state index contributed by atoms with van der Waals surface area (Å²) in [6.07, 6.45) is 0. The number of para-hydroxylation sites is 2. The molecule has 2 heteroatoms. The van der Waals surface area contributed by atoms with Crippen LogP contribution in [0.15, 0.2) is 154 Å². The van der Waals surface area contributed by atoms with Crippen molar-refractivity contribution in [3.63, 3.8) is 0 Å². The molecule has 0 unspecified atom stereocenters. The summed E-state index contributed by atoms with van der Waals surface area (Å²) in [6, 6.07) is 51.8. The molecule has 0 N–H and O–H groups in total. The zero-order valence-corrected chi connectivity index (χ0v) is 23.7. The number of fused-ring (bicyclic) bond motifs is 10. The maximum Gasteiger partial charge on any atom is 0.147 e. The highest BCUT2D eigenvalue weighted by Crippen LogP contribution is 2.50. The third-order valence-corrected chi connectivity index (χ3v) is 9.25. The molecule has 8 aromatic carbocycles. The van der Waals surface area contributed by atoms with Crippen molar-refractivity contribution < 1.29 is 8.83 Å². The van der Waals surface area contributed by atoms with E-state index in [1.165, 1.54) is 49.0 Å². The Labute approximate surface area is 252 Å². The molecule has 44 heavy (non-hydrogen) atoms. The first-order chi connectivity index (χ1) is 21.8. The fraction of sp³-hybridized carbons (Fsp3) is 0. The summed E-state index contributed by atoms with van der Waals surface area (Å²) in [4.78, 5) is 0. The van der Waals surface area contributed by atoms with Crippen LogP contribution >= 0.6 is 0 Å². The predicted octanol–water partition coefficient (Wildman–Crippen LogP) is 12.3. The van der Waals surface area contributed by atoms with Crippen molar-refractivity contribution in [2.24, 2.45) is 0 Å². The summed E-state index contributed by atoms with van der Waals surface area (Å²) in [5.74, 6) is 0. The van der Waals surface area contributed by atoms with Gasteiger partial charge in [0.25, 0.3) is 0 Å². The molecule has 0 saturated heterocycles. The average Bonchev–Trinajstić information content (AvgIpc) is 3.65. The van der Waals surface area contributed by atoms with Gasteiger partial charge in [0.05, 0.1) is 5.39 Å². The van der Waals surface area contributed by atoms with Gasteiger partial charge in [0.2, 0.25) is 0 Å². The molecule has 0 radical (unpaired) electrons. The van der Waals surface area contributed by atoms with Gasteiger partial charge in [-0.1, -0.05) is 127 Å². The highest BCUT2D eigenvalue weighted by atomic mass is 16.3. The minimum atomic E-state index is 0.853. The SMILES string of the molecule is c1ccc2c(-c3c4ccccc4c(-c4cc5c6ccccc6oc5c5c4oc4ccccc45)c4ccccc34)cccc2c1. The predicted molar refractivity (Wildman–Crippen MR) is 184 cm³/mol. The molecule has 10 aromatic rings. The molecule has 0 fully saturated rings. The Kier molecular flexibility index (Phi) is 4.75. The number of rotatable bonds is 2. The molecule has 0 atom stereocenters. The van der Waals surface area contributed by atoms with Crippen LogP contribution < -0.4 is 0 Å². The molecule has 0 bridgehead atoms. The Morgan fingerprint density at radius 3 is 1.48 bits per heavy atom. The van der Waals surface area contributed by atoms with E-state index in [-0.39, 0.29) is 0 Å². The standard InChI is InChI=1S/C42H24O2/c1-2-14-26-25(12-1)13-11-21-28(26)38-29-16-3-5-18-31(29)39(32-19-6-4-17-30(32)38)35-24-34-27-15-7-9-22-36(27)43-41(34)40-33-20-8-10-23-37(33)44-42(35)40/h1-24H. The van der Waals surface area contributed by atoms with Gasteiger partial charge in [0.15, 0.2) is 0 Å². The quantitative estimate of drug-likeness (QED) is 0.197. The lowest BCUT2D eigenvalue weighted by atomic mass is 9.84. The molecule has 0 aliphatic rings. The first-order valence-corrected chi connectivity index (χ1v) is 15.0. The minimum Gasteiger partial charge on any atom is -0.455 e. The van der Waals surface area contributed by atoms with Crippen LogP contribution in [0.3, 0.4) is 0 Å². The van der Waals surface area contributed by atoms with Crippen LogP contribution in [0, 0.1) is 0 Å². The molecule has 204 valence electrons. The van der Waals surface area contributed by atoms with Crippen molar-refractivity contribution in [1.82, 2.24) is 0 Å². The molecular formula is C42H24O2. The van der Waals surface area contributed by atoms with Crippen molar-refractivity contribution in [3.8, 4) is 22.3 Å². The Morgan fingerprint density at radius 2 is 0.795 bits per heavy atom. The van der Waals surface area contributed by atoms with Crippen LogP contribution in [0.5, 0.6) is 0 Å². The molecule has 10 rings (SSSR count). The molecule has 2 nitrogen and oxygen atoms in total. The van der Waals surface area contributed by atoms with Gasteiger partial charge in [0, 0.05) is 27.3 Å². The zero-order chi connectivity index (χ0) is 28.8. The third-order valence-electron chi connectivity index (χ3n) is 9.25. The lowest BCUT2D eigenvalue weighted by molar-refractivity contribution is 0.663. The fourth-order valence-electron chi connectivity index (χ4n) is 7.40. The van der Waals surface area contributed by atoms with Gasteiger partial charge in [0.1, 0.15) is 22.3 Å². The smallest absolute Gasteiger partial charge is 0.147 e. The Morgan fingerprint density at radius 1 is 0.318 bits per heavy atom. The third kappa shape index (κ3) is 3.14. The van der Waals surface area contributed by atoms with E-state index in [1.54, 1.807) is 0 Å². The topological polar surface area (TPSA) is 26.3 Å². The molecule has 0 aliphatic carbocycles. The van der Waals surface area contributed by atoms with Gasteiger partial charge in [-0.25, -0.2) is 0 Å². The highest BCUT2D eigenvalue weighted by Gasteiger charge is 2.24. The second-order valence-electron chi connectivity index (χ2n) is 11.6. The van der Waals surface area contributed by atoms with E-state index >= 15 is 0 Å². The van der Waals surface area contributed by atoms with Crippen molar-refractivity contribution in [2.75, 3.05) is 0 Å². The van der Waals surface area contributed by atoms with Crippen molar-refractivity contribution in [3.05, 3.63) is 146 Å². The van der Waals surface area contributed by atoms with E-state index in [2.05, 4.69) is 121 Å². The van der Waals surface area contributed by atoms with Gasteiger partial charge in [-0.05, 0) is 61.6 Å². The van der Waals surface area contributed by atoms with E-state index in [0.717, 1.165) is 49.4 Å². The first kappa shape index (κ1) is 23.7. The number of benzene rings is 8. The van der Waals surface area contributed by atoms with Crippen LogP contribution in [-0.2, 0) is 0 Å². The lowest BCUT2D eigenvalue weighted by Gasteiger charge is -2.19. The number of furan rings is 2. The molecule has 2 heterocycles. The minimum absolute atomic E-state index is 0.853. The zero-order valence-electron chi connectivity index (χ0n) is 23.7. The largest absolute Gasteiger partial charge is 0.455 e. The van der Waals surface area contributed by atoms with E-state index in [4.69, 9.17) is 8.83 Å². The van der Waals surface area contributed by atoms with Crippen LogP contribution in [0.25, 0.3) is 98.4 Å². The van der Waals surface area contributed by atoms with Gasteiger partial charge in [-0.15, -0.1) is 0 Å². The normalized spacial score (nSPS) is 12.1. The molecule has 2 aromatic heterocycles. The van der Waals surface area contributed by atoms with E-state index < -0.39 is 0 Å². The molecule has 0 aliphatic heterocycles.